The first-order valence-corrected chi connectivity index (χ1v) is 18.9. The first-order valence-electron chi connectivity index (χ1n) is 18.9. The van der Waals surface area contributed by atoms with Crippen molar-refractivity contribution in [2.45, 2.75) is 52.5 Å². The Hall–Kier alpha value is -5.88. The summed E-state index contributed by atoms with van der Waals surface area (Å²) in [6.45, 7) is 9.87. The first-order chi connectivity index (χ1) is 26.9. The summed E-state index contributed by atoms with van der Waals surface area (Å²) in [5.74, 6) is -0.0899. The number of hydrogen-bond donors (Lipinski definition) is 2. The molecule has 1 saturated heterocycles. The van der Waals surface area contributed by atoms with Crippen LogP contribution < -0.4 is 20.1 Å². The largest absolute Gasteiger partial charge is 0.493 e. The van der Waals surface area contributed by atoms with Gasteiger partial charge in [0.1, 0.15) is 28.8 Å². The highest BCUT2D eigenvalue weighted by Crippen LogP contribution is 2.37. The topological polar surface area (TPSA) is 106 Å². The van der Waals surface area contributed by atoms with Crippen molar-refractivity contribution in [3.05, 3.63) is 120 Å². The fourth-order valence-corrected chi connectivity index (χ4v) is 7.19. The molecule has 0 atom stereocenters. The number of pyridine rings is 1. The maximum atomic E-state index is 14.4. The van der Waals surface area contributed by atoms with Gasteiger partial charge in [-0.2, -0.15) is 0 Å². The lowest BCUT2D eigenvalue weighted by Crippen LogP contribution is -2.33. The van der Waals surface area contributed by atoms with Gasteiger partial charge in [-0.25, -0.2) is 23.7 Å². The molecular formula is C43H45F2N7O3. The second-order valence-corrected chi connectivity index (χ2v) is 13.5. The SMILES string of the molecule is CCCN1CCC(c2ccc(Nc3nccc(-c4c(-c5ccc(OCC)c(C(=O)NCc6c(F)cccc6F)c5)nc5ccccn45)n3)c(OCC)c2)CC1. The van der Waals surface area contributed by atoms with E-state index in [0.29, 0.717) is 59.1 Å². The minimum atomic E-state index is -0.739. The standard InChI is InChI=1S/C43H45F2N7O3/c1-4-21-51-23-18-28(19-24-51)29-13-15-35(38(26-29)55-6-3)48-43-46-20-17-36(49-43)41-40(50-39-12-7-8-22-52(39)41)30-14-16-37(54-5-2)31(25-30)42(53)47-27-32-33(44)10-9-11-34(32)45/h7-17,20,22,25-26,28H,4-6,18-19,21,23-24,27H2,1-3H3,(H,47,53)(H,46,48,49). The normalized spacial score (nSPS) is 13.5. The molecule has 0 radical (unpaired) electrons. The van der Waals surface area contributed by atoms with E-state index in [4.69, 9.17) is 19.4 Å². The van der Waals surface area contributed by atoms with E-state index in [2.05, 4.69) is 39.6 Å². The lowest BCUT2D eigenvalue weighted by molar-refractivity contribution is 0.0946. The van der Waals surface area contributed by atoms with E-state index in [0.717, 1.165) is 56.0 Å². The number of nitrogens with one attached hydrogen (secondary N) is 2. The Morgan fingerprint density at radius 2 is 1.65 bits per heavy atom. The van der Waals surface area contributed by atoms with Crippen LogP contribution in [0.3, 0.4) is 0 Å². The number of piperidine rings is 1. The van der Waals surface area contributed by atoms with E-state index >= 15 is 0 Å². The van der Waals surface area contributed by atoms with Crippen molar-refractivity contribution in [2.75, 3.05) is 38.2 Å². The Bertz CT molecular complexity index is 2270. The minimum absolute atomic E-state index is 0.197. The van der Waals surface area contributed by atoms with E-state index < -0.39 is 17.5 Å². The Morgan fingerprint density at radius 1 is 0.873 bits per heavy atom. The molecule has 0 spiro atoms. The van der Waals surface area contributed by atoms with Crippen molar-refractivity contribution in [3.8, 4) is 34.1 Å². The van der Waals surface area contributed by atoms with Gasteiger partial charge in [-0.05, 0) is 125 Å². The Balaban J connectivity index is 1.20. The van der Waals surface area contributed by atoms with Crippen molar-refractivity contribution in [1.82, 2.24) is 29.6 Å². The predicted octanol–water partition coefficient (Wildman–Crippen LogP) is 8.80. The maximum absolute atomic E-state index is 14.4. The quantitative estimate of drug-likeness (QED) is 0.114. The molecule has 3 aromatic carbocycles. The van der Waals surface area contributed by atoms with Gasteiger partial charge in [-0.1, -0.05) is 25.1 Å². The van der Waals surface area contributed by atoms with Gasteiger partial charge < -0.3 is 25.0 Å². The number of likely N-dealkylation sites (tertiary alicyclic amines) is 1. The van der Waals surface area contributed by atoms with E-state index in [1.807, 2.05) is 60.8 Å². The molecule has 4 heterocycles. The van der Waals surface area contributed by atoms with Crippen LogP contribution in [0.5, 0.6) is 11.5 Å². The van der Waals surface area contributed by atoms with Gasteiger partial charge in [0.15, 0.2) is 0 Å². The summed E-state index contributed by atoms with van der Waals surface area (Å²) in [7, 11) is 0. The van der Waals surface area contributed by atoms with Crippen molar-refractivity contribution in [1.29, 1.82) is 0 Å². The number of ether oxygens (including phenoxy) is 2. The molecule has 10 nitrogen and oxygen atoms in total. The van der Waals surface area contributed by atoms with Gasteiger partial charge in [0.2, 0.25) is 5.95 Å². The summed E-state index contributed by atoms with van der Waals surface area (Å²) >= 11 is 0. The van der Waals surface area contributed by atoms with E-state index in [1.54, 1.807) is 18.3 Å². The summed E-state index contributed by atoms with van der Waals surface area (Å²) < 4.78 is 42.6. The second kappa shape index (κ2) is 17.1. The number of hydrogen-bond acceptors (Lipinski definition) is 8. The van der Waals surface area contributed by atoms with Gasteiger partial charge in [0, 0.05) is 30.1 Å². The van der Waals surface area contributed by atoms with Crippen molar-refractivity contribution < 1.29 is 23.0 Å². The zero-order chi connectivity index (χ0) is 38.3. The summed E-state index contributed by atoms with van der Waals surface area (Å²) in [4.78, 5) is 30.6. The van der Waals surface area contributed by atoms with Crippen LogP contribution in [0.2, 0.25) is 0 Å². The van der Waals surface area contributed by atoms with Crippen LogP contribution in [0.25, 0.3) is 28.3 Å². The molecule has 1 aliphatic rings. The number of carbonyl (C=O) groups is 1. The fraction of sp³-hybridized carbons (Fsp3) is 0.302. The van der Waals surface area contributed by atoms with Gasteiger partial charge in [-0.3, -0.25) is 9.20 Å². The van der Waals surface area contributed by atoms with Crippen LogP contribution >= 0.6 is 0 Å². The molecule has 3 aromatic heterocycles. The molecule has 0 saturated carbocycles. The molecule has 284 valence electrons. The summed E-state index contributed by atoms with van der Waals surface area (Å²) in [6.07, 6.45) is 7.01. The molecule has 0 unspecified atom stereocenters. The summed E-state index contributed by atoms with van der Waals surface area (Å²) in [5.41, 5.74) is 5.14. The molecule has 0 aliphatic carbocycles. The third kappa shape index (κ3) is 8.29. The number of carbonyl (C=O) groups excluding carboxylic acids is 1. The molecule has 1 amide bonds. The van der Waals surface area contributed by atoms with Gasteiger partial charge in [0.25, 0.3) is 5.91 Å². The predicted molar refractivity (Wildman–Crippen MR) is 210 cm³/mol. The van der Waals surface area contributed by atoms with Crippen molar-refractivity contribution >= 4 is 23.2 Å². The zero-order valence-corrected chi connectivity index (χ0v) is 31.3. The first kappa shape index (κ1) is 37.4. The Kier molecular flexibility index (Phi) is 11.6. The van der Waals surface area contributed by atoms with Crippen LogP contribution in [-0.4, -0.2) is 63.0 Å². The number of fused-ring (bicyclic) bond motifs is 1. The number of anilines is 2. The highest BCUT2D eigenvalue weighted by molar-refractivity contribution is 5.98. The van der Waals surface area contributed by atoms with Gasteiger partial charge >= 0.3 is 0 Å². The third-order valence-corrected chi connectivity index (χ3v) is 9.86. The monoisotopic (exact) mass is 745 g/mol. The fourth-order valence-electron chi connectivity index (χ4n) is 7.19. The molecule has 55 heavy (non-hydrogen) atoms. The highest BCUT2D eigenvalue weighted by Gasteiger charge is 2.24. The van der Waals surface area contributed by atoms with E-state index in [9.17, 15) is 13.6 Å². The van der Waals surface area contributed by atoms with E-state index in [-0.39, 0.29) is 17.7 Å². The lowest BCUT2D eigenvalue weighted by atomic mass is 9.89. The maximum Gasteiger partial charge on any atom is 0.255 e. The molecule has 6 aromatic rings. The van der Waals surface area contributed by atoms with E-state index in [1.165, 1.54) is 18.1 Å². The van der Waals surface area contributed by atoms with Gasteiger partial charge in [-0.15, -0.1) is 0 Å². The molecule has 1 aliphatic heterocycles. The van der Waals surface area contributed by atoms with Crippen LogP contribution in [0.1, 0.15) is 67.4 Å². The third-order valence-electron chi connectivity index (χ3n) is 9.86. The second-order valence-electron chi connectivity index (χ2n) is 13.5. The molecule has 0 bridgehead atoms. The highest BCUT2D eigenvalue weighted by atomic mass is 19.1. The average Bonchev–Trinajstić information content (AvgIpc) is 3.59. The minimum Gasteiger partial charge on any atom is -0.493 e. The van der Waals surface area contributed by atoms with Crippen molar-refractivity contribution in [2.24, 2.45) is 0 Å². The molecule has 1 fully saturated rings. The number of nitrogens with zero attached hydrogens (tertiary/aromatic N) is 5. The Labute approximate surface area is 319 Å². The van der Waals surface area contributed by atoms with Crippen LogP contribution in [-0.2, 0) is 6.54 Å². The number of imidazole rings is 1. The number of halogens is 2. The number of amides is 1. The van der Waals surface area contributed by atoms with Crippen molar-refractivity contribution in [3.63, 3.8) is 0 Å². The lowest BCUT2D eigenvalue weighted by Gasteiger charge is -2.32. The smallest absolute Gasteiger partial charge is 0.255 e. The molecule has 2 N–H and O–H groups in total. The van der Waals surface area contributed by atoms with Crippen LogP contribution in [0.4, 0.5) is 20.4 Å². The summed E-state index contributed by atoms with van der Waals surface area (Å²) in [5, 5.41) is 6.05. The van der Waals surface area contributed by atoms with Crippen LogP contribution in [0, 0.1) is 11.6 Å². The van der Waals surface area contributed by atoms with Gasteiger partial charge in [0.05, 0.1) is 41.5 Å². The average molecular weight is 746 g/mol. The summed E-state index contributed by atoms with van der Waals surface area (Å²) in [6, 6.07) is 22.7. The molecule has 7 rings (SSSR count). The zero-order valence-electron chi connectivity index (χ0n) is 31.3. The molecule has 12 heteroatoms. The Morgan fingerprint density at radius 3 is 2.42 bits per heavy atom. The number of rotatable bonds is 14. The van der Waals surface area contributed by atoms with Crippen LogP contribution in [0.15, 0.2) is 91.3 Å². The number of aromatic nitrogens is 4. The number of benzene rings is 3. The molecular weight excluding hydrogens is 701 g/mol.